The van der Waals surface area contributed by atoms with Gasteiger partial charge >= 0.3 is 0 Å². The summed E-state index contributed by atoms with van der Waals surface area (Å²) in [7, 11) is 0. The molecule has 0 bridgehead atoms. The van der Waals surface area contributed by atoms with Crippen LogP contribution >= 0.6 is 11.6 Å². The van der Waals surface area contributed by atoms with Gasteiger partial charge in [-0.05, 0) is 38.1 Å². The van der Waals surface area contributed by atoms with Crippen molar-refractivity contribution in [2.45, 2.75) is 20.8 Å². The van der Waals surface area contributed by atoms with Crippen molar-refractivity contribution in [3.8, 4) is 5.69 Å². The van der Waals surface area contributed by atoms with E-state index in [4.69, 9.17) is 11.6 Å². The Labute approximate surface area is 116 Å². The summed E-state index contributed by atoms with van der Waals surface area (Å²) in [5.41, 5.74) is 2.00. The molecular weight excluding hydrogens is 264 g/mol. The van der Waals surface area contributed by atoms with Crippen molar-refractivity contribution < 1.29 is 9.59 Å². The Hall–Kier alpha value is -1.94. The first-order chi connectivity index (χ1) is 8.91. The van der Waals surface area contributed by atoms with Gasteiger partial charge in [-0.25, -0.2) is 4.68 Å². The topological polar surface area (TPSA) is 52.0 Å². The van der Waals surface area contributed by atoms with Crippen LogP contribution in [0.4, 0.5) is 0 Å². The van der Waals surface area contributed by atoms with Crippen LogP contribution < -0.4 is 0 Å². The fourth-order valence-corrected chi connectivity index (χ4v) is 2.13. The molecule has 19 heavy (non-hydrogen) atoms. The maximum Gasteiger partial charge on any atom is 0.180 e. The first-order valence-corrected chi connectivity index (χ1v) is 6.17. The van der Waals surface area contributed by atoms with Gasteiger partial charge in [-0.3, -0.25) is 9.59 Å². The maximum atomic E-state index is 11.7. The van der Waals surface area contributed by atoms with Crippen molar-refractivity contribution in [3.05, 3.63) is 46.2 Å². The molecule has 0 fully saturated rings. The summed E-state index contributed by atoms with van der Waals surface area (Å²) in [4.78, 5) is 23.2. The number of benzene rings is 1. The van der Waals surface area contributed by atoms with E-state index in [9.17, 15) is 9.59 Å². The minimum absolute atomic E-state index is 0.164. The highest BCUT2D eigenvalue weighted by Crippen LogP contribution is 2.20. The Bertz CT molecular complexity index is 657. The van der Waals surface area contributed by atoms with Crippen LogP contribution in [0.1, 0.15) is 40.4 Å². The van der Waals surface area contributed by atoms with Crippen LogP contribution in [0.2, 0.25) is 5.02 Å². The third-order valence-electron chi connectivity index (χ3n) is 2.87. The van der Waals surface area contributed by atoms with Crippen LogP contribution in [0, 0.1) is 6.92 Å². The van der Waals surface area contributed by atoms with Crippen LogP contribution in [0.3, 0.4) is 0 Å². The highest BCUT2D eigenvalue weighted by atomic mass is 35.5. The summed E-state index contributed by atoms with van der Waals surface area (Å²) in [6.45, 7) is 4.61. The number of carbonyl (C=O) groups excluding carboxylic acids is 2. The van der Waals surface area contributed by atoms with E-state index < -0.39 is 0 Å². The van der Waals surface area contributed by atoms with Crippen molar-refractivity contribution >= 4 is 23.2 Å². The quantitative estimate of drug-likeness (QED) is 0.809. The largest absolute Gasteiger partial charge is 0.294 e. The molecule has 0 spiro atoms. The molecule has 0 unspecified atom stereocenters. The minimum atomic E-state index is -0.221. The average Bonchev–Trinajstić information content (AvgIpc) is 2.68. The lowest BCUT2D eigenvalue weighted by Gasteiger charge is -2.04. The molecule has 0 N–H and O–H groups in total. The number of aromatic nitrogens is 2. The Balaban J connectivity index is 2.65. The number of halogens is 1. The Morgan fingerprint density at radius 3 is 2.11 bits per heavy atom. The molecule has 98 valence electrons. The molecular formula is C14H13ClN2O2. The second-order valence-electron chi connectivity index (χ2n) is 4.31. The van der Waals surface area contributed by atoms with Gasteiger partial charge in [0.1, 0.15) is 5.69 Å². The van der Waals surface area contributed by atoms with Crippen molar-refractivity contribution in [1.82, 2.24) is 9.78 Å². The highest BCUT2D eigenvalue weighted by Gasteiger charge is 2.21. The molecule has 4 nitrogen and oxygen atoms in total. The normalized spacial score (nSPS) is 10.5. The minimum Gasteiger partial charge on any atom is -0.294 e. The lowest BCUT2D eigenvalue weighted by atomic mass is 10.1. The third-order valence-corrected chi connectivity index (χ3v) is 3.13. The molecule has 1 heterocycles. The number of Topliss-reactive ketones (excluding diaryl/α,β-unsaturated/α-hetero) is 2. The second kappa shape index (κ2) is 4.97. The number of nitrogens with zero attached hydrogens (tertiary/aromatic N) is 2. The van der Waals surface area contributed by atoms with Gasteiger partial charge in [0.25, 0.3) is 0 Å². The van der Waals surface area contributed by atoms with E-state index in [2.05, 4.69) is 5.10 Å². The standard InChI is InChI=1S/C14H13ClN2O2/c1-8-13(9(2)18)14(10(3)19)16-17(8)12-6-4-11(15)5-7-12/h4-7H,1-3H3. The lowest BCUT2D eigenvalue weighted by molar-refractivity contribution is 0.0978. The van der Waals surface area contributed by atoms with E-state index in [0.29, 0.717) is 16.3 Å². The monoisotopic (exact) mass is 276 g/mol. The van der Waals surface area contributed by atoms with Crippen molar-refractivity contribution in [2.75, 3.05) is 0 Å². The number of hydrogen-bond acceptors (Lipinski definition) is 3. The van der Waals surface area contributed by atoms with Crippen molar-refractivity contribution in [1.29, 1.82) is 0 Å². The Kier molecular flexibility index (Phi) is 3.53. The van der Waals surface area contributed by atoms with Gasteiger partial charge in [-0.1, -0.05) is 11.6 Å². The average molecular weight is 277 g/mol. The van der Waals surface area contributed by atoms with E-state index in [1.54, 1.807) is 35.9 Å². The zero-order valence-electron chi connectivity index (χ0n) is 10.9. The summed E-state index contributed by atoms with van der Waals surface area (Å²) >= 11 is 5.84. The van der Waals surface area contributed by atoms with Gasteiger partial charge in [-0.2, -0.15) is 5.10 Å². The van der Waals surface area contributed by atoms with Gasteiger partial charge in [0.15, 0.2) is 11.6 Å². The Morgan fingerprint density at radius 1 is 1.11 bits per heavy atom. The van der Waals surface area contributed by atoms with E-state index in [-0.39, 0.29) is 17.3 Å². The van der Waals surface area contributed by atoms with Crippen LogP contribution in [-0.4, -0.2) is 21.3 Å². The number of hydrogen-bond donors (Lipinski definition) is 0. The van der Waals surface area contributed by atoms with Crippen LogP contribution in [0.5, 0.6) is 0 Å². The number of ketones is 2. The summed E-state index contributed by atoms with van der Waals surface area (Å²) in [6, 6.07) is 7.05. The third kappa shape index (κ3) is 2.44. The van der Waals surface area contributed by atoms with Gasteiger partial charge in [0.05, 0.1) is 16.9 Å². The maximum absolute atomic E-state index is 11.7. The van der Waals surface area contributed by atoms with E-state index in [0.717, 1.165) is 5.69 Å². The molecule has 0 saturated heterocycles. The molecule has 2 aromatic rings. The van der Waals surface area contributed by atoms with E-state index in [1.807, 2.05) is 0 Å². The van der Waals surface area contributed by atoms with Gasteiger partial charge in [0.2, 0.25) is 0 Å². The summed E-state index contributed by atoms with van der Waals surface area (Å²) in [6.07, 6.45) is 0. The van der Waals surface area contributed by atoms with Crippen LogP contribution in [0.25, 0.3) is 5.69 Å². The molecule has 0 aliphatic heterocycles. The predicted molar refractivity (Wildman–Crippen MR) is 73.3 cm³/mol. The van der Waals surface area contributed by atoms with Crippen LogP contribution in [-0.2, 0) is 0 Å². The fourth-order valence-electron chi connectivity index (χ4n) is 2.00. The zero-order chi connectivity index (χ0) is 14.2. The van der Waals surface area contributed by atoms with Gasteiger partial charge < -0.3 is 0 Å². The molecule has 5 heteroatoms. The first kappa shape index (κ1) is 13.5. The summed E-state index contributed by atoms with van der Waals surface area (Å²) < 4.78 is 1.59. The van der Waals surface area contributed by atoms with Gasteiger partial charge in [-0.15, -0.1) is 0 Å². The number of carbonyl (C=O) groups is 2. The molecule has 0 aliphatic carbocycles. The zero-order valence-corrected chi connectivity index (χ0v) is 11.7. The SMILES string of the molecule is CC(=O)c1nn(-c2ccc(Cl)cc2)c(C)c1C(C)=O. The lowest BCUT2D eigenvalue weighted by Crippen LogP contribution is -2.02. The molecule has 0 radical (unpaired) electrons. The van der Waals surface area contributed by atoms with Crippen molar-refractivity contribution in [2.24, 2.45) is 0 Å². The number of rotatable bonds is 3. The Morgan fingerprint density at radius 2 is 1.68 bits per heavy atom. The fraction of sp³-hybridized carbons (Fsp3) is 0.214. The molecule has 0 amide bonds. The van der Waals surface area contributed by atoms with Crippen LogP contribution in [0.15, 0.2) is 24.3 Å². The molecule has 0 aliphatic rings. The smallest absolute Gasteiger partial charge is 0.180 e. The summed E-state index contributed by atoms with van der Waals surface area (Å²) in [5, 5.41) is 4.85. The first-order valence-electron chi connectivity index (χ1n) is 5.79. The van der Waals surface area contributed by atoms with Crippen molar-refractivity contribution in [3.63, 3.8) is 0 Å². The summed E-state index contributed by atoms with van der Waals surface area (Å²) in [5.74, 6) is -0.385. The highest BCUT2D eigenvalue weighted by molar-refractivity contribution is 6.30. The van der Waals surface area contributed by atoms with E-state index in [1.165, 1.54) is 13.8 Å². The predicted octanol–water partition coefficient (Wildman–Crippen LogP) is 3.24. The molecule has 1 aromatic heterocycles. The molecule has 1 aromatic carbocycles. The van der Waals surface area contributed by atoms with Gasteiger partial charge in [0, 0.05) is 11.9 Å². The van der Waals surface area contributed by atoms with E-state index >= 15 is 0 Å². The molecule has 0 saturated carbocycles. The second-order valence-corrected chi connectivity index (χ2v) is 4.75. The molecule has 0 atom stereocenters. The molecule has 2 rings (SSSR count).